The molecule has 0 radical (unpaired) electrons. The molecule has 1 aromatic rings. The first-order valence-corrected chi connectivity index (χ1v) is 7.04. The minimum absolute atomic E-state index is 0.128. The number of aromatic hydroxyl groups is 1. The standard InChI is InChI=1S/C15H22N2O3/c16-14(9-11-1-3-13(18)4-2-11)15(19)17-7-5-12-6-8-20-10-12/h1-4,12,14,18H,5-10,16H2,(H,17,19)/t12?,14-/m0/s1. The van der Waals surface area contributed by atoms with Crippen molar-refractivity contribution in [2.75, 3.05) is 19.8 Å². The first kappa shape index (κ1) is 14.8. The number of hydrogen-bond acceptors (Lipinski definition) is 4. The van der Waals surface area contributed by atoms with Gasteiger partial charge in [0.2, 0.25) is 5.91 Å². The Kier molecular flexibility index (Phi) is 5.38. The maximum absolute atomic E-state index is 11.9. The van der Waals surface area contributed by atoms with Crippen LogP contribution in [0.15, 0.2) is 24.3 Å². The van der Waals surface area contributed by atoms with Gasteiger partial charge in [-0.3, -0.25) is 4.79 Å². The zero-order valence-electron chi connectivity index (χ0n) is 11.5. The van der Waals surface area contributed by atoms with E-state index in [1.807, 2.05) is 0 Å². The van der Waals surface area contributed by atoms with Gasteiger partial charge in [0.1, 0.15) is 5.75 Å². The summed E-state index contributed by atoms with van der Waals surface area (Å²) in [4.78, 5) is 11.9. The van der Waals surface area contributed by atoms with Crippen molar-refractivity contribution in [2.24, 2.45) is 11.7 Å². The lowest BCUT2D eigenvalue weighted by molar-refractivity contribution is -0.122. The summed E-state index contributed by atoms with van der Waals surface area (Å²) >= 11 is 0. The highest BCUT2D eigenvalue weighted by Gasteiger charge is 2.17. The van der Waals surface area contributed by atoms with Crippen LogP contribution in [0, 0.1) is 5.92 Å². The lowest BCUT2D eigenvalue weighted by Gasteiger charge is -2.13. The maximum atomic E-state index is 11.9. The molecule has 1 saturated heterocycles. The molecule has 1 aromatic carbocycles. The van der Waals surface area contributed by atoms with E-state index < -0.39 is 6.04 Å². The third-order valence-corrected chi connectivity index (χ3v) is 3.60. The van der Waals surface area contributed by atoms with Crippen molar-refractivity contribution in [1.29, 1.82) is 0 Å². The summed E-state index contributed by atoms with van der Waals surface area (Å²) in [5, 5.41) is 12.1. The smallest absolute Gasteiger partial charge is 0.237 e. The van der Waals surface area contributed by atoms with Crippen molar-refractivity contribution in [3.8, 4) is 5.75 Å². The van der Waals surface area contributed by atoms with Gasteiger partial charge in [0.15, 0.2) is 0 Å². The monoisotopic (exact) mass is 278 g/mol. The summed E-state index contributed by atoms with van der Waals surface area (Å²) in [7, 11) is 0. The number of nitrogens with one attached hydrogen (secondary N) is 1. The van der Waals surface area contributed by atoms with E-state index in [0.29, 0.717) is 18.9 Å². The number of carbonyl (C=O) groups excluding carboxylic acids is 1. The van der Waals surface area contributed by atoms with Gasteiger partial charge in [-0.05, 0) is 42.9 Å². The molecule has 1 unspecified atom stereocenters. The van der Waals surface area contributed by atoms with E-state index >= 15 is 0 Å². The van der Waals surface area contributed by atoms with Crippen molar-refractivity contribution in [1.82, 2.24) is 5.32 Å². The Morgan fingerprint density at radius 1 is 1.45 bits per heavy atom. The van der Waals surface area contributed by atoms with Gasteiger partial charge < -0.3 is 20.9 Å². The van der Waals surface area contributed by atoms with E-state index in [2.05, 4.69) is 5.32 Å². The zero-order valence-corrected chi connectivity index (χ0v) is 11.5. The Bertz CT molecular complexity index is 427. The van der Waals surface area contributed by atoms with Crippen LogP contribution >= 0.6 is 0 Å². The number of phenolic OH excluding ortho intramolecular Hbond substituents is 1. The van der Waals surface area contributed by atoms with Crippen molar-refractivity contribution in [3.05, 3.63) is 29.8 Å². The van der Waals surface area contributed by atoms with Gasteiger partial charge in [-0.25, -0.2) is 0 Å². The molecule has 1 amide bonds. The molecule has 2 rings (SSSR count). The first-order valence-electron chi connectivity index (χ1n) is 7.04. The zero-order chi connectivity index (χ0) is 14.4. The predicted molar refractivity (Wildman–Crippen MR) is 76.3 cm³/mol. The number of rotatable bonds is 6. The van der Waals surface area contributed by atoms with E-state index in [-0.39, 0.29) is 11.7 Å². The fraction of sp³-hybridized carbons (Fsp3) is 0.533. The predicted octanol–water partition coefficient (Wildman–Crippen LogP) is 0.805. The molecule has 4 N–H and O–H groups in total. The Morgan fingerprint density at radius 3 is 2.85 bits per heavy atom. The Hall–Kier alpha value is -1.59. The van der Waals surface area contributed by atoms with Crippen LogP contribution in [-0.4, -0.2) is 36.8 Å². The number of amides is 1. The molecule has 0 spiro atoms. The second-order valence-corrected chi connectivity index (χ2v) is 5.29. The molecule has 0 aromatic heterocycles. The molecule has 5 heteroatoms. The highest BCUT2D eigenvalue weighted by Crippen LogP contribution is 2.15. The number of ether oxygens (including phenoxy) is 1. The van der Waals surface area contributed by atoms with Gasteiger partial charge in [0.25, 0.3) is 0 Å². The van der Waals surface area contributed by atoms with Gasteiger partial charge >= 0.3 is 0 Å². The summed E-state index contributed by atoms with van der Waals surface area (Å²) in [6.45, 7) is 2.28. The van der Waals surface area contributed by atoms with Crippen LogP contribution in [0.3, 0.4) is 0 Å². The molecule has 5 nitrogen and oxygen atoms in total. The van der Waals surface area contributed by atoms with Crippen molar-refractivity contribution in [2.45, 2.75) is 25.3 Å². The SMILES string of the molecule is N[C@@H](Cc1ccc(O)cc1)C(=O)NCCC1CCOC1. The first-order chi connectivity index (χ1) is 9.65. The second kappa shape index (κ2) is 7.26. The van der Waals surface area contributed by atoms with E-state index in [9.17, 15) is 9.90 Å². The third-order valence-electron chi connectivity index (χ3n) is 3.60. The topological polar surface area (TPSA) is 84.6 Å². The lowest BCUT2D eigenvalue weighted by Crippen LogP contribution is -2.42. The molecule has 20 heavy (non-hydrogen) atoms. The molecule has 2 atom stereocenters. The maximum Gasteiger partial charge on any atom is 0.237 e. The van der Waals surface area contributed by atoms with Gasteiger partial charge in [-0.1, -0.05) is 12.1 Å². The van der Waals surface area contributed by atoms with Crippen LogP contribution in [0.4, 0.5) is 0 Å². The highest BCUT2D eigenvalue weighted by molar-refractivity contribution is 5.81. The second-order valence-electron chi connectivity index (χ2n) is 5.29. The molecule has 0 aliphatic carbocycles. The largest absolute Gasteiger partial charge is 0.508 e. The van der Waals surface area contributed by atoms with Crippen LogP contribution in [0.2, 0.25) is 0 Å². The van der Waals surface area contributed by atoms with Crippen LogP contribution in [-0.2, 0) is 16.0 Å². The van der Waals surface area contributed by atoms with Crippen LogP contribution < -0.4 is 11.1 Å². The van der Waals surface area contributed by atoms with Gasteiger partial charge in [0, 0.05) is 19.8 Å². The Labute approximate surface area is 119 Å². The number of carbonyl (C=O) groups is 1. The van der Waals surface area contributed by atoms with E-state index in [1.165, 1.54) is 0 Å². The normalized spacial score (nSPS) is 19.8. The number of phenols is 1. The third kappa shape index (κ3) is 4.51. The fourth-order valence-electron chi connectivity index (χ4n) is 2.32. The van der Waals surface area contributed by atoms with Crippen LogP contribution in [0.1, 0.15) is 18.4 Å². The molecule has 0 saturated carbocycles. The Balaban J connectivity index is 1.69. The molecule has 110 valence electrons. The van der Waals surface area contributed by atoms with Crippen molar-refractivity contribution >= 4 is 5.91 Å². The molecular formula is C15H22N2O3. The van der Waals surface area contributed by atoms with Crippen molar-refractivity contribution in [3.63, 3.8) is 0 Å². The van der Waals surface area contributed by atoms with Gasteiger partial charge in [-0.15, -0.1) is 0 Å². The van der Waals surface area contributed by atoms with E-state index in [4.69, 9.17) is 10.5 Å². The quantitative estimate of drug-likeness (QED) is 0.719. The van der Waals surface area contributed by atoms with Crippen molar-refractivity contribution < 1.29 is 14.6 Å². The molecule has 0 bridgehead atoms. The number of benzene rings is 1. The minimum atomic E-state index is -0.556. The van der Waals surface area contributed by atoms with E-state index in [1.54, 1.807) is 24.3 Å². The average molecular weight is 278 g/mol. The van der Waals surface area contributed by atoms with Gasteiger partial charge in [0.05, 0.1) is 6.04 Å². The van der Waals surface area contributed by atoms with Crippen LogP contribution in [0.5, 0.6) is 5.75 Å². The highest BCUT2D eigenvalue weighted by atomic mass is 16.5. The molecule has 1 aliphatic rings. The number of nitrogens with two attached hydrogens (primary N) is 1. The molecule has 1 aliphatic heterocycles. The molecule has 1 fully saturated rings. The Morgan fingerprint density at radius 2 is 2.20 bits per heavy atom. The number of hydrogen-bond donors (Lipinski definition) is 3. The summed E-state index contributed by atoms with van der Waals surface area (Å²) < 4.78 is 5.29. The molecular weight excluding hydrogens is 256 g/mol. The lowest BCUT2D eigenvalue weighted by atomic mass is 10.0. The van der Waals surface area contributed by atoms with Gasteiger partial charge in [-0.2, -0.15) is 0 Å². The summed E-state index contributed by atoms with van der Waals surface area (Å²) in [5.41, 5.74) is 6.82. The molecule has 1 heterocycles. The van der Waals surface area contributed by atoms with E-state index in [0.717, 1.165) is 31.6 Å². The average Bonchev–Trinajstić information content (AvgIpc) is 2.94. The summed E-state index contributed by atoms with van der Waals surface area (Å²) in [6, 6.07) is 6.19. The summed E-state index contributed by atoms with van der Waals surface area (Å²) in [5.74, 6) is 0.645. The minimum Gasteiger partial charge on any atom is -0.508 e. The van der Waals surface area contributed by atoms with Crippen LogP contribution in [0.25, 0.3) is 0 Å². The summed E-state index contributed by atoms with van der Waals surface area (Å²) in [6.07, 6.45) is 2.49. The fourth-order valence-corrected chi connectivity index (χ4v) is 2.32.